The summed E-state index contributed by atoms with van der Waals surface area (Å²) in [6, 6.07) is 7.50. The Morgan fingerprint density at radius 2 is 1.80 bits per heavy atom. The van der Waals surface area contributed by atoms with Gasteiger partial charge in [0.25, 0.3) is 17.4 Å². The van der Waals surface area contributed by atoms with E-state index in [4.69, 9.17) is 11.6 Å². The van der Waals surface area contributed by atoms with E-state index in [1.54, 1.807) is 7.05 Å². The Morgan fingerprint density at radius 1 is 1.17 bits per heavy atom. The van der Waals surface area contributed by atoms with Crippen molar-refractivity contribution in [1.82, 2.24) is 15.0 Å². The Kier molecular flexibility index (Phi) is 7.58. The summed E-state index contributed by atoms with van der Waals surface area (Å²) in [5, 5.41) is 2.80. The lowest BCUT2D eigenvalue weighted by molar-refractivity contribution is -0.948. The number of halogens is 1. The lowest BCUT2D eigenvalue weighted by Crippen LogP contribution is -2.60. The molecule has 0 radical (unpaired) electrons. The van der Waals surface area contributed by atoms with Crippen LogP contribution in [0.5, 0.6) is 0 Å². The average Bonchev–Trinajstić information content (AvgIpc) is 2.68. The summed E-state index contributed by atoms with van der Waals surface area (Å²) in [6.45, 7) is 3.98. The third-order valence-corrected chi connectivity index (χ3v) is 4.89. The number of quaternary nitrogens is 1. The van der Waals surface area contributed by atoms with Gasteiger partial charge in [0.2, 0.25) is 0 Å². The zero-order valence-electron chi connectivity index (χ0n) is 17.5. The van der Waals surface area contributed by atoms with E-state index in [0.717, 1.165) is 10.1 Å². The Hall–Kier alpha value is -2.91. The molecule has 2 aromatic rings. The summed E-state index contributed by atoms with van der Waals surface area (Å²) in [4.78, 5) is 51.0. The monoisotopic (exact) mass is 436 g/mol. The number of likely N-dealkylation sites (N-methyl/N-ethyl adjacent to an activating group) is 1. The van der Waals surface area contributed by atoms with E-state index in [9.17, 15) is 19.2 Å². The van der Waals surface area contributed by atoms with Crippen LogP contribution >= 0.6 is 11.6 Å². The van der Waals surface area contributed by atoms with Crippen molar-refractivity contribution < 1.29 is 14.2 Å². The van der Waals surface area contributed by atoms with Crippen LogP contribution in [-0.2, 0) is 23.2 Å². The van der Waals surface area contributed by atoms with Crippen molar-refractivity contribution in [2.24, 2.45) is 7.05 Å². The number of hydrogen-bond acceptors (Lipinski definition) is 4. The highest BCUT2D eigenvalue weighted by Gasteiger charge is 2.30. The molecule has 162 valence electrons. The highest BCUT2D eigenvalue weighted by Crippen LogP contribution is 2.17. The molecule has 2 amide bonds. The molecule has 0 aliphatic carbocycles. The maximum Gasteiger partial charge on any atom is 0.328 e. The summed E-state index contributed by atoms with van der Waals surface area (Å²) in [5.74, 6) is -0.767. The second-order valence-electron chi connectivity index (χ2n) is 7.69. The second kappa shape index (κ2) is 9.73. The van der Waals surface area contributed by atoms with Gasteiger partial charge in [-0.3, -0.25) is 19.0 Å². The molecule has 9 nitrogen and oxygen atoms in total. The van der Waals surface area contributed by atoms with Gasteiger partial charge in [-0.05, 0) is 23.6 Å². The van der Waals surface area contributed by atoms with Crippen LogP contribution in [0.3, 0.4) is 0 Å². The number of anilines is 1. The summed E-state index contributed by atoms with van der Waals surface area (Å²) >= 11 is 5.61. The predicted octanol–water partition coefficient (Wildman–Crippen LogP) is 1.05. The number of H-pyrrole nitrogens is 1. The molecule has 2 rings (SSSR count). The first-order valence-electron chi connectivity index (χ1n) is 9.43. The van der Waals surface area contributed by atoms with Gasteiger partial charge >= 0.3 is 5.69 Å². The van der Waals surface area contributed by atoms with Crippen LogP contribution in [0.2, 0.25) is 0 Å². The molecule has 1 aromatic carbocycles. The Balaban J connectivity index is 2.22. The number of carbonyl (C=O) groups excluding carboxylic acids is 2. The maximum absolute atomic E-state index is 12.7. The van der Waals surface area contributed by atoms with E-state index >= 15 is 0 Å². The largest absolute Gasteiger partial charge is 0.328 e. The number of nitrogens with zero attached hydrogens (tertiary/aromatic N) is 2. The van der Waals surface area contributed by atoms with Gasteiger partial charge in [-0.15, -0.1) is 11.6 Å². The van der Waals surface area contributed by atoms with Crippen LogP contribution < -0.4 is 22.0 Å². The molecule has 1 heterocycles. The molecule has 0 spiro atoms. The zero-order valence-corrected chi connectivity index (χ0v) is 18.2. The van der Waals surface area contributed by atoms with Crippen LogP contribution in [0.25, 0.3) is 0 Å². The summed E-state index contributed by atoms with van der Waals surface area (Å²) in [6.07, 6.45) is 1.29. The van der Waals surface area contributed by atoms with Crippen molar-refractivity contribution >= 4 is 29.1 Å². The Labute approximate surface area is 179 Å². The summed E-state index contributed by atoms with van der Waals surface area (Å²) < 4.78 is 0.627. The standard InChI is InChI=1S/C20H26ClN5O4/c1-13(2)14-5-7-16(8-6-14)23-18(28)12-26(4,24-17(27)9-21)11-15-10-22-20(30)25(3)19(15)29/h5-8,10,13H,9,11-12H2,1-4H3,(H2-,22,23,24,27,28,29,30)/p+1/t26-/m0/s1. The normalized spacial score (nSPS) is 13.0. The number of aromatic nitrogens is 2. The molecule has 1 atom stereocenters. The maximum atomic E-state index is 12.7. The highest BCUT2D eigenvalue weighted by atomic mass is 35.5. The van der Waals surface area contributed by atoms with Crippen molar-refractivity contribution in [3.05, 3.63) is 62.4 Å². The minimum Gasteiger partial charge on any atom is -0.321 e. The van der Waals surface area contributed by atoms with Gasteiger partial charge in [-0.1, -0.05) is 26.0 Å². The predicted molar refractivity (Wildman–Crippen MR) is 115 cm³/mol. The fourth-order valence-corrected chi connectivity index (χ4v) is 3.10. The fourth-order valence-electron chi connectivity index (χ4n) is 3.04. The van der Waals surface area contributed by atoms with Crippen LogP contribution in [0.1, 0.15) is 30.9 Å². The van der Waals surface area contributed by atoms with Crippen molar-refractivity contribution in [3.63, 3.8) is 0 Å². The summed E-state index contributed by atoms with van der Waals surface area (Å²) in [7, 11) is 2.94. The SMILES string of the molecule is CC(C)c1ccc(NC(=O)C[N@+](C)(Cc2c[nH]c(=O)n(C)c2=O)NC(=O)CCl)cc1. The third-order valence-electron chi connectivity index (χ3n) is 4.64. The number of aromatic amines is 1. The van der Waals surface area contributed by atoms with Gasteiger partial charge in [-0.25, -0.2) is 14.8 Å². The number of amides is 2. The number of hydrogen-bond donors (Lipinski definition) is 3. The minimum absolute atomic E-state index is 0.0220. The van der Waals surface area contributed by atoms with E-state index in [0.29, 0.717) is 11.6 Å². The molecule has 0 saturated carbocycles. The molecule has 0 bridgehead atoms. The molecule has 3 N–H and O–H groups in total. The van der Waals surface area contributed by atoms with Crippen LogP contribution in [0.15, 0.2) is 40.1 Å². The number of rotatable bonds is 8. The molecule has 0 saturated heterocycles. The number of nitrogens with one attached hydrogen (secondary N) is 3. The van der Waals surface area contributed by atoms with E-state index in [1.165, 1.54) is 13.2 Å². The summed E-state index contributed by atoms with van der Waals surface area (Å²) in [5.41, 5.74) is 3.62. The quantitative estimate of drug-likeness (QED) is 0.326. The zero-order chi connectivity index (χ0) is 22.5. The topological polar surface area (TPSA) is 113 Å². The van der Waals surface area contributed by atoms with Crippen LogP contribution in [-0.4, -0.2) is 45.4 Å². The first-order chi connectivity index (χ1) is 14.0. The number of carbonyl (C=O) groups is 2. The van der Waals surface area contributed by atoms with Gasteiger partial charge < -0.3 is 10.3 Å². The van der Waals surface area contributed by atoms with Crippen molar-refractivity contribution in [3.8, 4) is 0 Å². The van der Waals surface area contributed by atoms with E-state index in [-0.39, 0.29) is 35.0 Å². The van der Waals surface area contributed by atoms with Crippen LogP contribution in [0.4, 0.5) is 5.69 Å². The van der Waals surface area contributed by atoms with Crippen molar-refractivity contribution in [2.75, 3.05) is 24.8 Å². The van der Waals surface area contributed by atoms with Gasteiger partial charge in [0.15, 0.2) is 6.54 Å². The fraction of sp³-hybridized carbons (Fsp3) is 0.400. The molecule has 30 heavy (non-hydrogen) atoms. The molecule has 10 heteroatoms. The van der Waals surface area contributed by atoms with E-state index < -0.39 is 17.2 Å². The lowest BCUT2D eigenvalue weighted by Gasteiger charge is -2.32. The molecule has 0 aliphatic heterocycles. The lowest BCUT2D eigenvalue weighted by atomic mass is 10.0. The van der Waals surface area contributed by atoms with Crippen molar-refractivity contribution in [1.29, 1.82) is 0 Å². The van der Waals surface area contributed by atoms with Gasteiger partial charge in [0.1, 0.15) is 12.4 Å². The first-order valence-corrected chi connectivity index (χ1v) is 9.97. The third kappa shape index (κ3) is 6.04. The van der Waals surface area contributed by atoms with Gasteiger partial charge in [0, 0.05) is 18.9 Å². The van der Waals surface area contributed by atoms with Crippen molar-refractivity contribution in [2.45, 2.75) is 26.3 Å². The highest BCUT2D eigenvalue weighted by molar-refractivity contribution is 6.27. The Bertz CT molecular complexity index is 1030. The van der Waals surface area contributed by atoms with E-state index in [2.05, 4.69) is 29.6 Å². The second-order valence-corrected chi connectivity index (χ2v) is 7.96. The van der Waals surface area contributed by atoms with E-state index in [1.807, 2.05) is 24.3 Å². The minimum atomic E-state index is -0.551. The molecule has 0 fully saturated rings. The average molecular weight is 437 g/mol. The van der Waals surface area contributed by atoms with Crippen LogP contribution in [0, 0.1) is 0 Å². The molecular formula is C20H27ClN5O4+. The first kappa shape index (κ1) is 23.4. The number of alkyl halides is 1. The van der Waals surface area contributed by atoms with Gasteiger partial charge in [0.05, 0.1) is 12.6 Å². The van der Waals surface area contributed by atoms with Gasteiger partial charge in [-0.2, -0.15) is 0 Å². The number of benzene rings is 1. The Morgan fingerprint density at radius 3 is 2.37 bits per heavy atom. The molecule has 1 aromatic heterocycles. The molecular weight excluding hydrogens is 410 g/mol. The smallest absolute Gasteiger partial charge is 0.321 e. The molecule has 0 unspecified atom stereocenters. The molecule has 0 aliphatic rings.